The van der Waals surface area contributed by atoms with Crippen LogP contribution in [0.1, 0.15) is 32.7 Å². The van der Waals surface area contributed by atoms with E-state index in [1.54, 1.807) is 0 Å². The second kappa shape index (κ2) is 8.59. The molecule has 7 heteroatoms. The van der Waals surface area contributed by atoms with E-state index in [2.05, 4.69) is 33.4 Å². The molecule has 0 aliphatic carbocycles. The van der Waals surface area contributed by atoms with Crippen LogP contribution in [0.3, 0.4) is 0 Å². The van der Waals surface area contributed by atoms with Crippen molar-refractivity contribution in [1.82, 2.24) is 24.6 Å². The van der Waals surface area contributed by atoms with Crippen molar-refractivity contribution < 1.29 is 4.74 Å². The summed E-state index contributed by atoms with van der Waals surface area (Å²) in [5.74, 6) is 2.03. The molecule has 32 heavy (non-hydrogen) atoms. The Morgan fingerprint density at radius 1 is 1.00 bits per heavy atom. The molecular weight excluding hydrogens is 400 g/mol. The number of aromatic nitrogens is 4. The molecule has 0 bridgehead atoms. The topological polar surface area (TPSA) is 82.1 Å². The Hall–Kier alpha value is -3.45. The number of piperidine rings is 1. The van der Waals surface area contributed by atoms with E-state index in [1.807, 2.05) is 54.6 Å². The highest BCUT2D eigenvalue weighted by Crippen LogP contribution is 2.35. The number of likely N-dealkylation sites (tertiary alicyclic amines) is 1. The minimum absolute atomic E-state index is 0.261. The van der Waals surface area contributed by atoms with Gasteiger partial charge in [0, 0.05) is 18.2 Å². The second-order valence-electron chi connectivity index (χ2n) is 8.57. The molecule has 0 unspecified atom stereocenters. The standard InChI is InChI=1S/C25H28N6O/c1-17(2)30-14-6-7-19(15-30)31-25-22(24(26)27-16-28-25)23(29-31)18-10-12-21(13-11-18)32-20-8-4-3-5-9-20/h3-5,8-13,16-17,19H,6-7,14-15H2,1-2H3,(H2,26,27,28)/t19-/m1/s1. The highest BCUT2D eigenvalue weighted by Gasteiger charge is 2.27. The van der Waals surface area contributed by atoms with Gasteiger partial charge in [-0.1, -0.05) is 18.2 Å². The first-order valence-electron chi connectivity index (χ1n) is 11.2. The predicted molar refractivity (Wildman–Crippen MR) is 127 cm³/mol. The van der Waals surface area contributed by atoms with E-state index in [-0.39, 0.29) is 6.04 Å². The fourth-order valence-corrected chi connectivity index (χ4v) is 4.41. The molecule has 0 saturated carbocycles. The number of hydrogen-bond acceptors (Lipinski definition) is 6. The van der Waals surface area contributed by atoms with Crippen LogP contribution in [0.15, 0.2) is 60.9 Å². The molecule has 5 rings (SSSR count). The lowest BCUT2D eigenvalue weighted by Gasteiger charge is -2.35. The minimum atomic E-state index is 0.261. The molecule has 1 saturated heterocycles. The molecule has 164 valence electrons. The number of nitrogens with two attached hydrogens (primary N) is 1. The Kier molecular flexibility index (Phi) is 5.49. The van der Waals surface area contributed by atoms with Crippen molar-refractivity contribution in [3.05, 3.63) is 60.9 Å². The number of ether oxygens (including phenoxy) is 1. The van der Waals surface area contributed by atoms with E-state index in [0.717, 1.165) is 59.7 Å². The zero-order chi connectivity index (χ0) is 22.1. The van der Waals surface area contributed by atoms with Gasteiger partial charge in [-0.25, -0.2) is 14.6 Å². The first-order chi connectivity index (χ1) is 15.6. The van der Waals surface area contributed by atoms with Crippen LogP contribution in [0, 0.1) is 0 Å². The molecule has 2 aromatic carbocycles. The zero-order valence-corrected chi connectivity index (χ0v) is 18.5. The minimum Gasteiger partial charge on any atom is -0.457 e. The molecule has 0 radical (unpaired) electrons. The van der Waals surface area contributed by atoms with Gasteiger partial charge in [-0.15, -0.1) is 0 Å². The molecule has 0 amide bonds. The summed E-state index contributed by atoms with van der Waals surface area (Å²) in [5, 5.41) is 5.83. The van der Waals surface area contributed by atoms with E-state index < -0.39 is 0 Å². The normalized spacial score (nSPS) is 17.2. The Bertz CT molecular complexity index is 1200. The van der Waals surface area contributed by atoms with E-state index in [4.69, 9.17) is 15.6 Å². The van der Waals surface area contributed by atoms with Gasteiger partial charge >= 0.3 is 0 Å². The van der Waals surface area contributed by atoms with Crippen molar-refractivity contribution in [3.8, 4) is 22.8 Å². The maximum atomic E-state index is 6.31. The van der Waals surface area contributed by atoms with E-state index in [9.17, 15) is 0 Å². The third kappa shape index (κ3) is 3.91. The van der Waals surface area contributed by atoms with Gasteiger partial charge in [0.2, 0.25) is 0 Å². The third-order valence-corrected chi connectivity index (χ3v) is 6.13. The quantitative estimate of drug-likeness (QED) is 0.486. The summed E-state index contributed by atoms with van der Waals surface area (Å²) in [6.45, 7) is 6.57. The van der Waals surface area contributed by atoms with E-state index in [1.165, 1.54) is 6.33 Å². The Labute approximate surface area is 187 Å². The maximum absolute atomic E-state index is 6.31. The molecule has 1 atom stereocenters. The maximum Gasteiger partial charge on any atom is 0.164 e. The summed E-state index contributed by atoms with van der Waals surface area (Å²) >= 11 is 0. The highest BCUT2D eigenvalue weighted by molar-refractivity contribution is 5.98. The molecule has 1 aliphatic rings. The number of hydrogen-bond donors (Lipinski definition) is 1. The largest absolute Gasteiger partial charge is 0.457 e. The van der Waals surface area contributed by atoms with Gasteiger partial charge in [-0.05, 0) is 69.6 Å². The van der Waals surface area contributed by atoms with Crippen LogP contribution in [0.25, 0.3) is 22.3 Å². The summed E-state index contributed by atoms with van der Waals surface area (Å²) < 4.78 is 8.00. The van der Waals surface area contributed by atoms with Crippen LogP contribution in [-0.2, 0) is 0 Å². The molecule has 7 nitrogen and oxygen atoms in total. The van der Waals surface area contributed by atoms with Crippen LogP contribution in [0.5, 0.6) is 11.5 Å². The average molecular weight is 429 g/mol. The molecule has 3 heterocycles. The van der Waals surface area contributed by atoms with Crippen molar-refractivity contribution in [1.29, 1.82) is 0 Å². The summed E-state index contributed by atoms with van der Waals surface area (Å²) in [7, 11) is 0. The predicted octanol–water partition coefficient (Wildman–Crippen LogP) is 4.91. The molecule has 2 N–H and O–H groups in total. The van der Waals surface area contributed by atoms with Crippen LogP contribution >= 0.6 is 0 Å². The average Bonchev–Trinajstić information content (AvgIpc) is 3.21. The first kappa shape index (κ1) is 20.5. The fraction of sp³-hybridized carbons (Fsp3) is 0.320. The summed E-state index contributed by atoms with van der Waals surface area (Å²) in [5.41, 5.74) is 8.88. The van der Waals surface area contributed by atoms with Crippen molar-refractivity contribution in [3.63, 3.8) is 0 Å². The van der Waals surface area contributed by atoms with Gasteiger partial charge in [0.25, 0.3) is 0 Å². The zero-order valence-electron chi connectivity index (χ0n) is 18.5. The van der Waals surface area contributed by atoms with Crippen LogP contribution in [0.2, 0.25) is 0 Å². The molecule has 1 aliphatic heterocycles. The molecule has 2 aromatic heterocycles. The number of anilines is 1. The van der Waals surface area contributed by atoms with Gasteiger partial charge in [0.15, 0.2) is 5.65 Å². The lowest BCUT2D eigenvalue weighted by molar-refractivity contribution is 0.139. The van der Waals surface area contributed by atoms with Gasteiger partial charge in [-0.3, -0.25) is 4.90 Å². The lowest BCUT2D eigenvalue weighted by Crippen LogP contribution is -2.41. The van der Waals surface area contributed by atoms with Gasteiger partial charge in [-0.2, -0.15) is 5.10 Å². The number of nitrogens with zero attached hydrogens (tertiary/aromatic N) is 5. The summed E-state index contributed by atoms with van der Waals surface area (Å²) in [6.07, 6.45) is 3.75. The fourth-order valence-electron chi connectivity index (χ4n) is 4.41. The Morgan fingerprint density at radius 2 is 1.75 bits per heavy atom. The molecule has 1 fully saturated rings. The summed E-state index contributed by atoms with van der Waals surface area (Å²) in [6, 6.07) is 18.5. The first-order valence-corrected chi connectivity index (χ1v) is 11.2. The van der Waals surface area contributed by atoms with E-state index >= 15 is 0 Å². The Balaban J connectivity index is 1.50. The smallest absolute Gasteiger partial charge is 0.164 e. The van der Waals surface area contributed by atoms with Crippen molar-refractivity contribution in [2.75, 3.05) is 18.8 Å². The van der Waals surface area contributed by atoms with Crippen LogP contribution in [-0.4, -0.2) is 43.8 Å². The molecule has 4 aromatic rings. The number of fused-ring (bicyclic) bond motifs is 1. The summed E-state index contributed by atoms with van der Waals surface area (Å²) in [4.78, 5) is 11.3. The third-order valence-electron chi connectivity index (χ3n) is 6.13. The number of para-hydroxylation sites is 1. The van der Waals surface area contributed by atoms with Crippen LogP contribution < -0.4 is 10.5 Å². The number of benzene rings is 2. The Morgan fingerprint density at radius 3 is 2.50 bits per heavy atom. The monoisotopic (exact) mass is 428 g/mol. The van der Waals surface area contributed by atoms with Gasteiger partial charge < -0.3 is 10.5 Å². The van der Waals surface area contributed by atoms with Crippen LogP contribution in [0.4, 0.5) is 5.82 Å². The van der Waals surface area contributed by atoms with Crippen molar-refractivity contribution >= 4 is 16.9 Å². The van der Waals surface area contributed by atoms with Crippen molar-refractivity contribution in [2.24, 2.45) is 0 Å². The lowest BCUT2D eigenvalue weighted by atomic mass is 10.0. The van der Waals surface area contributed by atoms with E-state index in [0.29, 0.717) is 11.9 Å². The SMILES string of the molecule is CC(C)N1CCC[C@@H](n2nc(-c3ccc(Oc4ccccc4)cc3)c3c(N)ncnc32)C1. The van der Waals surface area contributed by atoms with Gasteiger partial charge in [0.05, 0.1) is 11.4 Å². The number of rotatable bonds is 5. The van der Waals surface area contributed by atoms with Crippen molar-refractivity contribution in [2.45, 2.75) is 38.8 Å². The second-order valence-corrected chi connectivity index (χ2v) is 8.57. The van der Waals surface area contributed by atoms with Gasteiger partial charge in [0.1, 0.15) is 29.3 Å². The number of nitrogen functional groups attached to an aromatic ring is 1. The molecule has 0 spiro atoms. The molecular formula is C25H28N6O. The highest BCUT2D eigenvalue weighted by atomic mass is 16.5.